The van der Waals surface area contributed by atoms with Crippen molar-refractivity contribution in [3.63, 3.8) is 0 Å². The molecule has 1 radical (unpaired) electrons. The van der Waals surface area contributed by atoms with Crippen LogP contribution in [0.15, 0.2) is 152 Å². The third-order valence-electron chi connectivity index (χ3n) is 10.3. The first-order chi connectivity index (χ1) is 26.6. The minimum Gasteiger partial charge on any atom is 0 e. The van der Waals surface area contributed by atoms with E-state index in [1.54, 1.807) is 0 Å². The quantitative estimate of drug-likeness (QED) is 0.123. The largest absolute Gasteiger partial charge is 0 e. The number of fused-ring (bicyclic) bond motifs is 4. The van der Waals surface area contributed by atoms with Gasteiger partial charge in [0.05, 0.1) is 0 Å². The minimum atomic E-state index is -1.82. The summed E-state index contributed by atoms with van der Waals surface area (Å²) in [4.78, 5) is 9.37. The summed E-state index contributed by atoms with van der Waals surface area (Å²) in [5.74, 6) is 7.68. The number of thiophene rings is 1. The topological polar surface area (TPSA) is 25.8 Å². The molecule has 0 fully saturated rings. The normalized spacial score (nSPS) is 11.4. The van der Waals surface area contributed by atoms with Crippen LogP contribution in [-0.4, -0.2) is 23.2 Å². The summed E-state index contributed by atoms with van der Waals surface area (Å²) in [6, 6.07) is 56.2. The Hall–Kier alpha value is -4.71. The van der Waals surface area contributed by atoms with Gasteiger partial charge in [-0.3, -0.25) is 0 Å². The zero-order valence-corrected chi connectivity index (χ0v) is 38.0. The van der Waals surface area contributed by atoms with E-state index in [9.17, 15) is 0 Å². The Labute approximate surface area is 351 Å². The van der Waals surface area contributed by atoms with E-state index in [4.69, 9.17) is 4.98 Å². The molecular formula is C51H44GeIrN2S-2. The van der Waals surface area contributed by atoms with Gasteiger partial charge in [-0.25, -0.2) is 0 Å². The zero-order chi connectivity index (χ0) is 38.1. The minimum absolute atomic E-state index is 0. The summed E-state index contributed by atoms with van der Waals surface area (Å²) in [6.45, 7) is 6.77. The maximum Gasteiger partial charge on any atom is 0 e. The number of aryl methyl sites for hydroxylation is 1. The first-order valence-electron chi connectivity index (χ1n) is 19.0. The second-order valence-electron chi connectivity index (χ2n) is 15.6. The second-order valence-corrected chi connectivity index (χ2v) is 27.2. The van der Waals surface area contributed by atoms with Crippen LogP contribution in [0.2, 0.25) is 17.3 Å². The predicted molar refractivity (Wildman–Crippen MR) is 240 cm³/mol. The van der Waals surface area contributed by atoms with Crippen molar-refractivity contribution in [2.24, 2.45) is 0 Å². The molecule has 0 unspecified atom stereocenters. The summed E-state index contributed by atoms with van der Waals surface area (Å²) in [5.41, 5.74) is 11.8. The van der Waals surface area contributed by atoms with Gasteiger partial charge in [0.2, 0.25) is 0 Å². The van der Waals surface area contributed by atoms with Crippen molar-refractivity contribution in [3.8, 4) is 44.8 Å². The summed E-state index contributed by atoms with van der Waals surface area (Å²) in [6.07, 6.45) is 3.98. The zero-order valence-electron chi connectivity index (χ0n) is 32.6. The average molecular weight is 982 g/mol. The molecule has 0 aliphatic rings. The van der Waals surface area contributed by atoms with E-state index in [-0.39, 0.29) is 20.1 Å². The van der Waals surface area contributed by atoms with Crippen molar-refractivity contribution in [2.45, 2.75) is 44.0 Å². The SMILES string of the molecule is CC(C)c1cc(-c2ccccc2)cc2c1sc1cc(-c3cc(-c4ccccc4)ccn3)[c-]cc12.Cc1cc(-c2[c-]cc3ccccc3c2)nc[c]1[Ge]([CH3])([CH3])[CH3].[Ir]. The molecule has 3 aromatic heterocycles. The summed E-state index contributed by atoms with van der Waals surface area (Å²) >= 11 is 0.0580. The Kier molecular flexibility index (Phi) is 11.9. The van der Waals surface area contributed by atoms with Gasteiger partial charge in [0.1, 0.15) is 0 Å². The van der Waals surface area contributed by atoms with E-state index in [0.29, 0.717) is 5.92 Å². The van der Waals surface area contributed by atoms with E-state index >= 15 is 0 Å². The fraction of sp³-hybridized carbons (Fsp3) is 0.137. The Balaban J connectivity index is 0.000000188. The van der Waals surface area contributed by atoms with Crippen LogP contribution in [0.5, 0.6) is 0 Å². The van der Waals surface area contributed by atoms with Gasteiger partial charge in [0.25, 0.3) is 0 Å². The third-order valence-corrected chi connectivity index (χ3v) is 16.0. The van der Waals surface area contributed by atoms with Gasteiger partial charge in [0, 0.05) is 31.0 Å². The van der Waals surface area contributed by atoms with Gasteiger partial charge < -0.3 is 4.98 Å². The molecule has 56 heavy (non-hydrogen) atoms. The van der Waals surface area contributed by atoms with Crippen LogP contribution >= 0.6 is 11.3 Å². The van der Waals surface area contributed by atoms with Crippen molar-refractivity contribution in [1.82, 2.24) is 9.97 Å². The van der Waals surface area contributed by atoms with Gasteiger partial charge >= 0.3 is 129 Å². The van der Waals surface area contributed by atoms with Crippen LogP contribution in [-0.2, 0) is 20.1 Å². The van der Waals surface area contributed by atoms with Crippen LogP contribution in [0.3, 0.4) is 0 Å². The van der Waals surface area contributed by atoms with Gasteiger partial charge in [-0.1, -0.05) is 92.0 Å². The number of nitrogens with zero attached hydrogens (tertiary/aromatic N) is 2. The molecule has 9 aromatic rings. The molecule has 9 rings (SSSR count). The van der Waals surface area contributed by atoms with Gasteiger partial charge in [0.15, 0.2) is 0 Å². The third kappa shape index (κ3) is 8.36. The molecule has 0 saturated heterocycles. The number of pyridine rings is 2. The molecule has 279 valence electrons. The molecule has 0 atom stereocenters. The van der Waals surface area contributed by atoms with Gasteiger partial charge in [-0.2, -0.15) is 11.3 Å². The summed E-state index contributed by atoms with van der Waals surface area (Å²) < 4.78 is 4.14. The van der Waals surface area contributed by atoms with E-state index in [1.165, 1.54) is 68.7 Å². The van der Waals surface area contributed by atoms with E-state index in [0.717, 1.165) is 22.5 Å². The van der Waals surface area contributed by atoms with Crippen molar-refractivity contribution < 1.29 is 20.1 Å². The van der Waals surface area contributed by atoms with Crippen LogP contribution in [0.25, 0.3) is 75.7 Å². The van der Waals surface area contributed by atoms with E-state index in [1.807, 2.05) is 23.6 Å². The van der Waals surface area contributed by atoms with Crippen LogP contribution < -0.4 is 4.40 Å². The summed E-state index contributed by atoms with van der Waals surface area (Å²) in [7, 11) is 0. The van der Waals surface area contributed by atoms with Crippen LogP contribution in [0.1, 0.15) is 30.9 Å². The summed E-state index contributed by atoms with van der Waals surface area (Å²) in [5, 5.41) is 5.05. The average Bonchev–Trinajstić information content (AvgIpc) is 3.58. The predicted octanol–water partition coefficient (Wildman–Crippen LogP) is 13.9. The molecule has 0 N–H and O–H groups in total. The molecular weight excluding hydrogens is 937 g/mol. The monoisotopic (exact) mass is 983 g/mol. The van der Waals surface area contributed by atoms with Gasteiger partial charge in [-0.15, -0.1) is 23.8 Å². The maximum atomic E-state index is 4.70. The molecule has 0 saturated carbocycles. The standard InChI is InChI=1S/C32H24NS.C19H20GeN.Ir/c1-21(2)28-17-26(23-11-7-4-8-12-23)18-29-27-14-13-25(20-31(27)34-32(28)29)30-19-24(15-16-33-30)22-9-5-3-6-10-22;1-14-11-19(21-13-18(14)20(2,3)4)17-10-9-15-7-5-6-8-16(15)12-17;/h3-12,14-21H,1-2H3;5-9,11-13H,1-4H3;/q2*-1;. The first kappa shape index (κ1) is 39.5. The molecule has 0 bridgehead atoms. The second kappa shape index (κ2) is 16.8. The maximum absolute atomic E-state index is 4.70. The smallest absolute Gasteiger partial charge is 0 e. The fourth-order valence-corrected chi connectivity index (χ4v) is 12.3. The Morgan fingerprint density at radius 2 is 1.21 bits per heavy atom. The van der Waals surface area contributed by atoms with Crippen molar-refractivity contribution in [1.29, 1.82) is 0 Å². The van der Waals surface area contributed by atoms with Crippen LogP contribution in [0, 0.1) is 19.1 Å². The van der Waals surface area contributed by atoms with Crippen LogP contribution in [0.4, 0.5) is 0 Å². The Morgan fingerprint density at radius 1 is 0.589 bits per heavy atom. The molecule has 0 aliphatic carbocycles. The molecule has 6 aromatic carbocycles. The first-order valence-corrected chi connectivity index (χ1v) is 27.2. The number of benzene rings is 6. The fourth-order valence-electron chi connectivity index (χ4n) is 7.37. The van der Waals surface area contributed by atoms with Crippen molar-refractivity contribution in [3.05, 3.63) is 175 Å². The molecule has 0 aliphatic heterocycles. The number of hydrogen-bond donors (Lipinski definition) is 0. The Bertz CT molecular complexity index is 2790. The number of aromatic nitrogens is 2. The Morgan fingerprint density at radius 3 is 1.89 bits per heavy atom. The number of rotatable bonds is 6. The molecule has 0 amide bonds. The van der Waals surface area contributed by atoms with E-state index < -0.39 is 13.3 Å². The van der Waals surface area contributed by atoms with E-state index in [2.05, 4.69) is 195 Å². The van der Waals surface area contributed by atoms with Gasteiger partial charge in [-0.05, 0) is 61.6 Å². The number of hydrogen-bond acceptors (Lipinski definition) is 3. The van der Waals surface area contributed by atoms with Crippen molar-refractivity contribution >= 4 is 59.9 Å². The molecule has 3 heterocycles. The van der Waals surface area contributed by atoms with Crippen molar-refractivity contribution in [2.75, 3.05) is 0 Å². The molecule has 2 nitrogen and oxygen atoms in total. The molecule has 0 spiro atoms. The molecule has 5 heteroatoms.